The van der Waals surface area contributed by atoms with Crippen LogP contribution in [0.25, 0.3) is 11.1 Å². The molecule has 0 spiro atoms. The maximum Gasteiger partial charge on any atom is 0.245 e. The van der Waals surface area contributed by atoms with Gasteiger partial charge < -0.3 is 14.7 Å². The zero-order valence-electron chi connectivity index (χ0n) is 18.1. The van der Waals surface area contributed by atoms with Crippen LogP contribution < -0.4 is 10.3 Å². The van der Waals surface area contributed by atoms with Crippen LogP contribution in [-0.4, -0.2) is 47.6 Å². The number of halogens is 3. The minimum absolute atomic E-state index is 0.0999. The summed E-state index contributed by atoms with van der Waals surface area (Å²) in [5.41, 5.74) is 6.84. The van der Waals surface area contributed by atoms with E-state index >= 15 is 0 Å². The average Bonchev–Trinajstić information content (AvgIpc) is 2.80. The number of aromatic hydroxyl groups is 1. The molecule has 1 aliphatic rings. The molecule has 2 aromatic carbocycles. The first kappa shape index (κ1) is 23.4. The highest BCUT2D eigenvalue weighted by atomic mass is 79.9. The average molecular weight is 535 g/mol. The van der Waals surface area contributed by atoms with E-state index in [-0.39, 0.29) is 22.5 Å². The summed E-state index contributed by atoms with van der Waals surface area (Å²) in [5, 5.41) is 15.0. The molecule has 0 unspecified atom stereocenters. The highest BCUT2D eigenvalue weighted by Gasteiger charge is 2.20. The molecule has 2 heterocycles. The van der Waals surface area contributed by atoms with Crippen LogP contribution in [0.15, 0.2) is 40.0 Å². The Balaban J connectivity index is 1.58. The van der Waals surface area contributed by atoms with Gasteiger partial charge in [-0.05, 0) is 36.6 Å². The Morgan fingerprint density at radius 3 is 2.64 bits per heavy atom. The van der Waals surface area contributed by atoms with Crippen molar-refractivity contribution in [2.24, 2.45) is 5.10 Å². The monoisotopic (exact) mass is 533 g/mol. The molecule has 0 bridgehead atoms. The van der Waals surface area contributed by atoms with Crippen molar-refractivity contribution >= 4 is 45.5 Å². The van der Waals surface area contributed by atoms with E-state index in [0.717, 1.165) is 27.4 Å². The number of nitrogens with zero attached hydrogens (tertiary/aromatic N) is 4. The summed E-state index contributed by atoms with van der Waals surface area (Å²) in [4.78, 5) is 9.94. The summed E-state index contributed by atoms with van der Waals surface area (Å²) >= 11 is 10.1. The predicted molar refractivity (Wildman–Crippen MR) is 132 cm³/mol. The summed E-state index contributed by atoms with van der Waals surface area (Å²) in [6.45, 7) is 6.10. The number of nitrogens with one attached hydrogen (secondary N) is 1. The number of hydrogen-bond acceptors (Lipinski definition) is 7. The zero-order chi connectivity index (χ0) is 23.5. The summed E-state index contributed by atoms with van der Waals surface area (Å²) in [5.74, 6) is -0.289. The molecule has 4 rings (SSSR count). The summed E-state index contributed by atoms with van der Waals surface area (Å²) in [7, 11) is 0. The third kappa shape index (κ3) is 4.95. The second-order valence-corrected chi connectivity index (χ2v) is 8.82. The highest BCUT2D eigenvalue weighted by Crippen LogP contribution is 2.44. The molecule has 172 valence electrons. The Bertz CT molecular complexity index is 1200. The van der Waals surface area contributed by atoms with Gasteiger partial charge in [-0.2, -0.15) is 10.1 Å². The smallest absolute Gasteiger partial charge is 0.245 e. The van der Waals surface area contributed by atoms with Gasteiger partial charge in [-0.15, -0.1) is 0 Å². The van der Waals surface area contributed by atoms with E-state index in [1.54, 1.807) is 11.0 Å². The van der Waals surface area contributed by atoms with Crippen LogP contribution >= 0.6 is 27.5 Å². The van der Waals surface area contributed by atoms with Crippen LogP contribution in [0.3, 0.4) is 0 Å². The van der Waals surface area contributed by atoms with Gasteiger partial charge in [-0.1, -0.05) is 45.7 Å². The normalized spacial score (nSPS) is 14.2. The van der Waals surface area contributed by atoms with Gasteiger partial charge in [0.05, 0.1) is 30.6 Å². The fraction of sp³-hybridized carbons (Fsp3) is 0.261. The van der Waals surface area contributed by atoms with Crippen LogP contribution in [0.4, 0.5) is 16.2 Å². The second-order valence-electron chi connectivity index (χ2n) is 7.59. The first-order chi connectivity index (χ1) is 15.9. The molecule has 1 aliphatic heterocycles. The number of hydrazone groups is 1. The molecule has 1 saturated heterocycles. The number of phenols is 1. The Morgan fingerprint density at radius 1 is 1.24 bits per heavy atom. The van der Waals surface area contributed by atoms with E-state index < -0.39 is 5.82 Å². The van der Waals surface area contributed by atoms with Crippen LogP contribution in [0.5, 0.6) is 5.75 Å². The molecule has 0 atom stereocenters. The molecule has 1 aromatic heterocycles. The largest absolute Gasteiger partial charge is 0.506 e. The van der Waals surface area contributed by atoms with Crippen molar-refractivity contribution in [3.05, 3.63) is 62.5 Å². The Morgan fingerprint density at radius 2 is 1.94 bits per heavy atom. The van der Waals surface area contributed by atoms with Gasteiger partial charge in [-0.3, -0.25) is 0 Å². The maximum absolute atomic E-state index is 14.2. The van der Waals surface area contributed by atoms with Crippen molar-refractivity contribution in [3.8, 4) is 16.9 Å². The van der Waals surface area contributed by atoms with Gasteiger partial charge in [-0.25, -0.2) is 14.8 Å². The zero-order valence-corrected chi connectivity index (χ0v) is 20.4. The topological polar surface area (TPSA) is 82.9 Å². The van der Waals surface area contributed by atoms with E-state index in [1.165, 1.54) is 6.21 Å². The fourth-order valence-electron chi connectivity index (χ4n) is 3.73. The van der Waals surface area contributed by atoms with Gasteiger partial charge >= 0.3 is 0 Å². The SMILES string of the molecule is Cc1cccc(C)c1-c1c(Br)cc(/C=N\Nc2ncc(F)c(N3CCOCC3)n2)c(O)c1Cl. The Kier molecular flexibility index (Phi) is 7.11. The van der Waals surface area contributed by atoms with Gasteiger partial charge in [0.15, 0.2) is 11.6 Å². The Hall–Kier alpha value is -2.75. The van der Waals surface area contributed by atoms with Gasteiger partial charge in [0.2, 0.25) is 5.95 Å². The number of phenolic OH excluding ortho intramolecular Hbond substituents is 1. The van der Waals surface area contributed by atoms with Crippen molar-refractivity contribution in [1.82, 2.24) is 9.97 Å². The molecule has 10 heteroatoms. The molecular weight excluding hydrogens is 513 g/mol. The van der Waals surface area contributed by atoms with Gasteiger partial charge in [0.25, 0.3) is 0 Å². The van der Waals surface area contributed by atoms with Crippen molar-refractivity contribution in [2.45, 2.75) is 13.8 Å². The number of anilines is 2. The number of rotatable bonds is 5. The third-order valence-corrected chi connectivity index (χ3v) is 6.35. The van der Waals surface area contributed by atoms with Crippen molar-refractivity contribution < 1.29 is 14.2 Å². The number of aryl methyl sites for hydroxylation is 2. The molecule has 7 nitrogen and oxygen atoms in total. The number of aromatic nitrogens is 2. The van der Waals surface area contributed by atoms with E-state index in [4.69, 9.17) is 16.3 Å². The molecule has 0 amide bonds. The third-order valence-electron chi connectivity index (χ3n) is 5.36. The van der Waals surface area contributed by atoms with Crippen LogP contribution in [-0.2, 0) is 4.74 Å². The number of hydrogen-bond donors (Lipinski definition) is 2. The molecule has 2 N–H and O–H groups in total. The quantitative estimate of drug-likeness (QED) is 0.341. The lowest BCUT2D eigenvalue weighted by Crippen LogP contribution is -2.37. The number of benzene rings is 2. The van der Waals surface area contributed by atoms with E-state index in [2.05, 4.69) is 36.4 Å². The predicted octanol–water partition coefficient (Wildman–Crippen LogP) is 5.30. The lowest BCUT2D eigenvalue weighted by molar-refractivity contribution is 0.122. The van der Waals surface area contributed by atoms with Gasteiger partial charge in [0, 0.05) is 28.7 Å². The molecule has 1 fully saturated rings. The fourth-order valence-corrected chi connectivity index (χ4v) is 4.79. The van der Waals surface area contributed by atoms with Crippen molar-refractivity contribution in [1.29, 1.82) is 0 Å². The van der Waals surface area contributed by atoms with Crippen molar-refractivity contribution in [3.63, 3.8) is 0 Å². The lowest BCUT2D eigenvalue weighted by atomic mass is 9.94. The maximum atomic E-state index is 14.2. The second kappa shape index (κ2) is 10.0. The first-order valence-corrected chi connectivity index (χ1v) is 11.5. The molecule has 0 radical (unpaired) electrons. The van der Waals surface area contributed by atoms with Gasteiger partial charge in [0.1, 0.15) is 5.75 Å². The lowest BCUT2D eigenvalue weighted by Gasteiger charge is -2.27. The summed E-state index contributed by atoms with van der Waals surface area (Å²) in [6.07, 6.45) is 2.50. The van der Waals surface area contributed by atoms with E-state index in [9.17, 15) is 9.50 Å². The minimum atomic E-state index is -0.512. The molecular formula is C23H22BrClFN5O2. The van der Waals surface area contributed by atoms with Crippen LogP contribution in [0.2, 0.25) is 5.02 Å². The van der Waals surface area contributed by atoms with Crippen molar-refractivity contribution in [2.75, 3.05) is 36.6 Å². The van der Waals surface area contributed by atoms with Crippen LogP contribution in [0.1, 0.15) is 16.7 Å². The number of ether oxygens (including phenoxy) is 1. The molecule has 0 aliphatic carbocycles. The summed E-state index contributed by atoms with van der Waals surface area (Å²) < 4.78 is 20.2. The summed E-state index contributed by atoms with van der Waals surface area (Å²) in [6, 6.07) is 7.70. The standard InChI is InChI=1S/C23H22BrClFN5O2/c1-13-4-3-5-14(2)18(13)19-16(24)10-15(21(32)20(19)25)11-28-30-23-27-12-17(26)22(29-23)31-6-8-33-9-7-31/h3-5,10-12,32H,6-9H2,1-2H3,(H,27,29,30)/b28-11-. The molecule has 3 aromatic rings. The van der Waals surface area contributed by atoms with E-state index in [1.807, 2.05) is 32.0 Å². The highest BCUT2D eigenvalue weighted by molar-refractivity contribution is 9.10. The number of morpholine rings is 1. The van der Waals surface area contributed by atoms with Crippen LogP contribution in [0, 0.1) is 19.7 Å². The molecule has 33 heavy (non-hydrogen) atoms. The minimum Gasteiger partial charge on any atom is -0.506 e. The van der Waals surface area contributed by atoms with E-state index in [0.29, 0.717) is 37.4 Å². The Labute approximate surface area is 204 Å². The first-order valence-electron chi connectivity index (χ1n) is 10.3. The molecule has 0 saturated carbocycles.